The molecule has 0 aliphatic carbocycles. The van der Waals surface area contributed by atoms with Gasteiger partial charge in [-0.2, -0.15) is 4.39 Å². The minimum Gasteiger partial charge on any atom is -0.376 e. The van der Waals surface area contributed by atoms with Crippen molar-refractivity contribution in [2.24, 2.45) is 0 Å². The van der Waals surface area contributed by atoms with E-state index in [1.54, 1.807) is 0 Å². The molecule has 4 rings (SSSR count). The molecule has 0 radical (unpaired) electrons. The first kappa shape index (κ1) is 23.4. The topological polar surface area (TPSA) is 75.8 Å². The van der Waals surface area contributed by atoms with Crippen LogP contribution in [0.25, 0.3) is 10.9 Å². The quantitative estimate of drug-likeness (QED) is 0.338. The lowest BCUT2D eigenvalue weighted by molar-refractivity contribution is -0.387. The predicted octanol–water partition coefficient (Wildman–Crippen LogP) is 5.33. The molecule has 1 aliphatic heterocycles. The average Bonchev–Trinajstić information content (AvgIpc) is 3.28. The van der Waals surface area contributed by atoms with Crippen molar-refractivity contribution in [2.45, 2.75) is 58.2 Å². The summed E-state index contributed by atoms with van der Waals surface area (Å²) in [7, 11) is 0. The highest BCUT2D eigenvalue weighted by Gasteiger charge is 2.35. The molecule has 7 nitrogen and oxygen atoms in total. The van der Waals surface area contributed by atoms with Crippen LogP contribution in [-0.2, 0) is 32.8 Å². The summed E-state index contributed by atoms with van der Waals surface area (Å²) in [5.41, 5.74) is 1.56. The van der Waals surface area contributed by atoms with Gasteiger partial charge in [0.2, 0.25) is 5.82 Å². The molecule has 8 heteroatoms. The van der Waals surface area contributed by atoms with E-state index in [1.165, 1.54) is 12.1 Å². The summed E-state index contributed by atoms with van der Waals surface area (Å²) in [6.07, 6.45) is -0.228. The predicted molar refractivity (Wildman–Crippen MR) is 123 cm³/mol. The zero-order valence-corrected chi connectivity index (χ0v) is 19.3. The second-order valence-electron chi connectivity index (χ2n) is 9.57. The molecule has 1 saturated heterocycles. The molecule has 1 aliphatic rings. The normalized spacial score (nSPS) is 18.2. The maximum atomic E-state index is 14.5. The standard InChI is InChI=1S/C25H29FN2O5/c1-24(2,16-31-14-17-8-6-5-7-9-17)23-11-18-10-22(28(29)30)20(26)12-21(18)27(23)13-19-15-32-25(3,4)33-19/h5-12,19H,13-16H2,1-4H3/t19-/m1/s1. The summed E-state index contributed by atoms with van der Waals surface area (Å²) in [4.78, 5) is 10.6. The maximum absolute atomic E-state index is 14.5. The molecular weight excluding hydrogens is 427 g/mol. The number of hydrogen-bond donors (Lipinski definition) is 0. The van der Waals surface area contributed by atoms with E-state index >= 15 is 0 Å². The van der Waals surface area contributed by atoms with Gasteiger partial charge in [-0.05, 0) is 25.5 Å². The Hall–Kier alpha value is -2.81. The number of halogens is 1. The summed E-state index contributed by atoms with van der Waals surface area (Å²) >= 11 is 0. The zero-order chi connectivity index (χ0) is 23.8. The minimum absolute atomic E-state index is 0.228. The van der Waals surface area contributed by atoms with Crippen molar-refractivity contribution in [3.8, 4) is 0 Å². The van der Waals surface area contributed by atoms with Gasteiger partial charge in [-0.3, -0.25) is 10.1 Å². The Balaban J connectivity index is 1.67. The molecular formula is C25H29FN2O5. The number of nitrogens with zero attached hydrogens (tertiary/aromatic N) is 2. The Morgan fingerprint density at radius 3 is 2.61 bits per heavy atom. The number of ether oxygens (including phenoxy) is 3. The van der Waals surface area contributed by atoms with Crippen LogP contribution in [0.15, 0.2) is 48.5 Å². The number of nitro benzene ring substituents is 1. The zero-order valence-electron chi connectivity index (χ0n) is 19.3. The van der Waals surface area contributed by atoms with E-state index in [-0.39, 0.29) is 6.10 Å². The highest BCUT2D eigenvalue weighted by Crippen LogP contribution is 2.35. The molecule has 2 heterocycles. The van der Waals surface area contributed by atoms with Gasteiger partial charge in [-0.25, -0.2) is 0 Å². The fraction of sp³-hybridized carbons (Fsp3) is 0.440. The van der Waals surface area contributed by atoms with Gasteiger partial charge in [0.05, 0.1) is 36.8 Å². The van der Waals surface area contributed by atoms with Gasteiger partial charge in [0.25, 0.3) is 0 Å². The maximum Gasteiger partial charge on any atom is 0.305 e. The van der Waals surface area contributed by atoms with Gasteiger partial charge < -0.3 is 18.8 Å². The highest BCUT2D eigenvalue weighted by molar-refractivity contribution is 5.84. The van der Waals surface area contributed by atoms with Gasteiger partial charge in [0.15, 0.2) is 5.79 Å². The molecule has 0 spiro atoms. The van der Waals surface area contributed by atoms with Crippen molar-refractivity contribution in [1.29, 1.82) is 0 Å². The van der Waals surface area contributed by atoms with Crippen LogP contribution in [0, 0.1) is 15.9 Å². The SMILES string of the molecule is CC1(C)OC[C@@H](Cn2c(C(C)(C)COCc3ccccc3)cc3cc([N+](=O)[O-])c(F)cc32)O1. The third kappa shape index (κ3) is 5.08. The number of nitro groups is 1. The van der Waals surface area contributed by atoms with E-state index in [0.29, 0.717) is 37.3 Å². The Morgan fingerprint density at radius 1 is 1.24 bits per heavy atom. The Bertz CT molecular complexity index is 1160. The first-order valence-electron chi connectivity index (χ1n) is 11.0. The lowest BCUT2D eigenvalue weighted by atomic mass is 9.90. The molecule has 1 atom stereocenters. The molecule has 0 amide bonds. The van der Waals surface area contributed by atoms with Gasteiger partial charge in [0, 0.05) is 28.6 Å². The van der Waals surface area contributed by atoms with Crippen LogP contribution in [0.3, 0.4) is 0 Å². The number of fused-ring (bicyclic) bond motifs is 1. The monoisotopic (exact) mass is 456 g/mol. The Morgan fingerprint density at radius 2 is 1.97 bits per heavy atom. The van der Waals surface area contributed by atoms with Crippen molar-refractivity contribution in [3.05, 3.63) is 75.7 Å². The van der Waals surface area contributed by atoms with Crippen LogP contribution in [0.4, 0.5) is 10.1 Å². The van der Waals surface area contributed by atoms with Crippen molar-refractivity contribution in [3.63, 3.8) is 0 Å². The second kappa shape index (κ2) is 8.85. The van der Waals surface area contributed by atoms with Gasteiger partial charge in [0.1, 0.15) is 6.10 Å². The third-order valence-corrected chi connectivity index (χ3v) is 5.89. The summed E-state index contributed by atoms with van der Waals surface area (Å²) in [5.74, 6) is -1.55. The lowest BCUT2D eigenvalue weighted by Gasteiger charge is -2.28. The lowest BCUT2D eigenvalue weighted by Crippen LogP contribution is -2.30. The highest BCUT2D eigenvalue weighted by atomic mass is 19.1. The fourth-order valence-electron chi connectivity index (χ4n) is 4.30. The van der Waals surface area contributed by atoms with Crippen molar-refractivity contribution < 1.29 is 23.5 Å². The Kier molecular flexibility index (Phi) is 6.26. The van der Waals surface area contributed by atoms with Gasteiger partial charge in [-0.15, -0.1) is 0 Å². The van der Waals surface area contributed by atoms with Crippen LogP contribution < -0.4 is 0 Å². The van der Waals surface area contributed by atoms with E-state index in [0.717, 1.165) is 11.3 Å². The molecule has 0 N–H and O–H groups in total. The first-order valence-corrected chi connectivity index (χ1v) is 11.0. The van der Waals surface area contributed by atoms with Crippen LogP contribution >= 0.6 is 0 Å². The largest absolute Gasteiger partial charge is 0.376 e. The van der Waals surface area contributed by atoms with Crippen LogP contribution in [0.2, 0.25) is 0 Å². The molecule has 0 unspecified atom stereocenters. The summed E-state index contributed by atoms with van der Waals surface area (Å²) < 4.78 is 34.2. The van der Waals surface area contributed by atoms with Gasteiger partial charge in [-0.1, -0.05) is 44.2 Å². The van der Waals surface area contributed by atoms with Crippen molar-refractivity contribution in [1.82, 2.24) is 4.57 Å². The Labute approximate surface area is 192 Å². The van der Waals surface area contributed by atoms with E-state index in [4.69, 9.17) is 14.2 Å². The summed E-state index contributed by atoms with van der Waals surface area (Å²) in [5, 5.41) is 11.9. The molecule has 1 fully saturated rings. The molecule has 0 saturated carbocycles. The first-order chi connectivity index (χ1) is 15.6. The van der Waals surface area contributed by atoms with Crippen molar-refractivity contribution in [2.75, 3.05) is 13.2 Å². The number of benzene rings is 2. The minimum atomic E-state index is -0.861. The number of rotatable bonds is 8. The molecule has 176 valence electrons. The molecule has 3 aromatic rings. The second-order valence-corrected chi connectivity index (χ2v) is 9.57. The number of aromatic nitrogens is 1. The van der Waals surface area contributed by atoms with E-state index in [2.05, 4.69) is 0 Å². The number of hydrogen-bond acceptors (Lipinski definition) is 5. The fourth-order valence-corrected chi connectivity index (χ4v) is 4.30. The molecule has 0 bridgehead atoms. The van der Waals surface area contributed by atoms with Crippen LogP contribution in [0.5, 0.6) is 0 Å². The van der Waals surface area contributed by atoms with Crippen molar-refractivity contribution >= 4 is 16.6 Å². The van der Waals surface area contributed by atoms with E-state index in [1.807, 2.05) is 68.7 Å². The third-order valence-electron chi connectivity index (χ3n) is 5.89. The van der Waals surface area contributed by atoms with Gasteiger partial charge >= 0.3 is 5.69 Å². The molecule has 2 aromatic carbocycles. The average molecular weight is 457 g/mol. The van der Waals surface area contributed by atoms with Crippen LogP contribution in [-0.4, -0.2) is 34.6 Å². The van der Waals surface area contributed by atoms with E-state index in [9.17, 15) is 14.5 Å². The van der Waals surface area contributed by atoms with Crippen LogP contribution in [0.1, 0.15) is 39.0 Å². The molecule has 33 heavy (non-hydrogen) atoms. The summed E-state index contributed by atoms with van der Waals surface area (Å²) in [6.45, 7) is 9.52. The molecule has 1 aromatic heterocycles. The van der Waals surface area contributed by atoms with E-state index < -0.39 is 27.6 Å². The summed E-state index contributed by atoms with van der Waals surface area (Å²) in [6, 6.07) is 14.3. The smallest absolute Gasteiger partial charge is 0.305 e.